The number of hydrogen-bond acceptors (Lipinski definition) is 5. The Morgan fingerprint density at radius 2 is 1.81 bits per heavy atom. The molecule has 1 saturated heterocycles. The fourth-order valence-electron chi connectivity index (χ4n) is 4.09. The molecular formula is C22H26FN5O4. The number of carbonyl (C=O) groups excluding carboxylic acids is 3. The minimum absolute atomic E-state index is 0.0455. The Kier molecular flexibility index (Phi) is 6.50. The average molecular weight is 443 g/mol. The van der Waals surface area contributed by atoms with Crippen LogP contribution in [0, 0.1) is 5.82 Å². The number of aromatic nitrogens is 2. The molecular weight excluding hydrogens is 417 g/mol. The maximum Gasteiger partial charge on any atom is 0.276 e. The first kappa shape index (κ1) is 21.9. The fraction of sp³-hybridized carbons (Fsp3) is 0.455. The number of amides is 3. The number of halogens is 1. The van der Waals surface area contributed by atoms with Gasteiger partial charge in [-0.25, -0.2) is 4.39 Å². The molecule has 2 aliphatic rings. The summed E-state index contributed by atoms with van der Waals surface area (Å²) in [5, 5.41) is 7.00. The molecule has 1 aromatic heterocycles. The number of ether oxygens (including phenoxy) is 1. The van der Waals surface area contributed by atoms with E-state index < -0.39 is 11.7 Å². The second-order valence-electron chi connectivity index (χ2n) is 7.92. The zero-order valence-electron chi connectivity index (χ0n) is 18.0. The summed E-state index contributed by atoms with van der Waals surface area (Å²) in [6.07, 6.45) is 0.841. The van der Waals surface area contributed by atoms with Crippen molar-refractivity contribution in [2.24, 2.45) is 7.05 Å². The van der Waals surface area contributed by atoms with E-state index in [1.165, 1.54) is 18.2 Å². The van der Waals surface area contributed by atoms with Crippen molar-refractivity contribution >= 4 is 23.4 Å². The molecule has 0 atom stereocenters. The largest absolute Gasteiger partial charge is 0.378 e. The van der Waals surface area contributed by atoms with Crippen LogP contribution in [0.3, 0.4) is 0 Å². The molecule has 0 aliphatic carbocycles. The molecule has 2 aliphatic heterocycles. The van der Waals surface area contributed by atoms with E-state index in [2.05, 4.69) is 10.4 Å². The zero-order valence-corrected chi connectivity index (χ0v) is 18.0. The van der Waals surface area contributed by atoms with Gasteiger partial charge in [-0.05, 0) is 18.2 Å². The number of benzene rings is 1. The standard InChI is InChI=1S/C22H26FN5O4/c1-26-18-7-8-28(20(30)6-5-19(29)27-9-11-32-12-10-27)14-17(18)21(25-26)22(31)24-16-4-2-3-15(23)13-16/h2-4,13H,5-12,14H2,1H3,(H,24,31). The number of hydrogen-bond donors (Lipinski definition) is 1. The second-order valence-corrected chi connectivity index (χ2v) is 7.92. The highest BCUT2D eigenvalue weighted by atomic mass is 19.1. The van der Waals surface area contributed by atoms with E-state index in [4.69, 9.17) is 4.74 Å². The van der Waals surface area contributed by atoms with Gasteiger partial charge < -0.3 is 19.9 Å². The lowest BCUT2D eigenvalue weighted by molar-refractivity contribution is -0.139. The Hall–Kier alpha value is -3.27. The van der Waals surface area contributed by atoms with Crippen molar-refractivity contribution in [2.45, 2.75) is 25.8 Å². The van der Waals surface area contributed by atoms with E-state index >= 15 is 0 Å². The van der Waals surface area contributed by atoms with Crippen molar-refractivity contribution in [2.75, 3.05) is 38.2 Å². The van der Waals surface area contributed by atoms with Gasteiger partial charge in [0.1, 0.15) is 5.82 Å². The van der Waals surface area contributed by atoms with Crippen LogP contribution in [-0.4, -0.2) is 70.1 Å². The Morgan fingerprint density at radius 3 is 2.53 bits per heavy atom. The molecule has 1 aromatic carbocycles. The summed E-state index contributed by atoms with van der Waals surface area (Å²) in [7, 11) is 1.76. The third-order valence-electron chi connectivity index (χ3n) is 5.81. The number of aryl methyl sites for hydroxylation is 1. The molecule has 32 heavy (non-hydrogen) atoms. The van der Waals surface area contributed by atoms with Gasteiger partial charge in [0.2, 0.25) is 11.8 Å². The summed E-state index contributed by atoms with van der Waals surface area (Å²) < 4.78 is 20.3. The summed E-state index contributed by atoms with van der Waals surface area (Å²) in [6, 6.07) is 5.63. The Balaban J connectivity index is 1.40. The van der Waals surface area contributed by atoms with Crippen LogP contribution in [0.5, 0.6) is 0 Å². The van der Waals surface area contributed by atoms with E-state index in [1.54, 1.807) is 27.6 Å². The van der Waals surface area contributed by atoms with Crippen molar-refractivity contribution in [1.82, 2.24) is 19.6 Å². The van der Waals surface area contributed by atoms with Crippen LogP contribution >= 0.6 is 0 Å². The number of anilines is 1. The number of rotatable bonds is 5. The molecule has 1 fully saturated rings. The fourth-order valence-corrected chi connectivity index (χ4v) is 4.09. The first-order valence-corrected chi connectivity index (χ1v) is 10.7. The number of carbonyl (C=O) groups is 3. The monoisotopic (exact) mass is 443 g/mol. The predicted molar refractivity (Wildman–Crippen MR) is 113 cm³/mol. The van der Waals surface area contributed by atoms with Gasteiger partial charge in [0.15, 0.2) is 5.69 Å². The molecule has 3 heterocycles. The molecule has 0 bridgehead atoms. The first-order valence-electron chi connectivity index (χ1n) is 10.7. The highest BCUT2D eigenvalue weighted by Gasteiger charge is 2.30. The van der Waals surface area contributed by atoms with Crippen LogP contribution < -0.4 is 5.32 Å². The quantitative estimate of drug-likeness (QED) is 0.752. The minimum atomic E-state index is -0.454. The van der Waals surface area contributed by atoms with Crippen LogP contribution in [0.4, 0.5) is 10.1 Å². The van der Waals surface area contributed by atoms with Gasteiger partial charge in [-0.3, -0.25) is 19.1 Å². The lowest BCUT2D eigenvalue weighted by Crippen LogP contribution is -2.41. The topological polar surface area (TPSA) is 96.8 Å². The van der Waals surface area contributed by atoms with Gasteiger partial charge in [-0.1, -0.05) is 6.07 Å². The summed E-state index contributed by atoms with van der Waals surface area (Å²) in [5.41, 5.74) is 2.12. The zero-order chi connectivity index (χ0) is 22.7. The lowest BCUT2D eigenvalue weighted by Gasteiger charge is -2.29. The Labute approximate surface area is 185 Å². The Morgan fingerprint density at radius 1 is 1.09 bits per heavy atom. The van der Waals surface area contributed by atoms with E-state index in [0.717, 1.165) is 5.69 Å². The first-order chi connectivity index (χ1) is 15.4. The van der Waals surface area contributed by atoms with E-state index in [1.807, 2.05) is 0 Å². The van der Waals surface area contributed by atoms with Crippen molar-refractivity contribution in [3.05, 3.63) is 47.0 Å². The van der Waals surface area contributed by atoms with Crippen LogP contribution in [0.2, 0.25) is 0 Å². The molecule has 2 aromatic rings. The molecule has 0 unspecified atom stereocenters. The van der Waals surface area contributed by atoms with Crippen molar-refractivity contribution in [3.8, 4) is 0 Å². The number of fused-ring (bicyclic) bond motifs is 1. The molecule has 9 nitrogen and oxygen atoms in total. The Bertz CT molecular complexity index is 1030. The van der Waals surface area contributed by atoms with E-state index in [0.29, 0.717) is 50.5 Å². The number of nitrogens with zero attached hydrogens (tertiary/aromatic N) is 4. The third kappa shape index (κ3) is 4.80. The minimum Gasteiger partial charge on any atom is -0.378 e. The van der Waals surface area contributed by atoms with E-state index in [-0.39, 0.29) is 36.9 Å². The maximum atomic E-state index is 13.4. The highest BCUT2D eigenvalue weighted by Crippen LogP contribution is 2.24. The van der Waals surface area contributed by atoms with Crippen molar-refractivity contribution in [1.29, 1.82) is 0 Å². The summed E-state index contributed by atoms with van der Waals surface area (Å²) >= 11 is 0. The summed E-state index contributed by atoms with van der Waals surface area (Å²) in [6.45, 7) is 2.91. The van der Waals surface area contributed by atoms with Gasteiger partial charge in [-0.15, -0.1) is 0 Å². The SMILES string of the molecule is Cn1nc(C(=O)Nc2cccc(F)c2)c2c1CCN(C(=O)CCC(=O)N1CCOCC1)C2. The van der Waals surface area contributed by atoms with Crippen LogP contribution in [0.25, 0.3) is 0 Å². The second kappa shape index (κ2) is 9.47. The molecule has 0 saturated carbocycles. The van der Waals surface area contributed by atoms with Gasteiger partial charge in [0.05, 0.1) is 13.2 Å². The van der Waals surface area contributed by atoms with Crippen LogP contribution in [0.15, 0.2) is 24.3 Å². The van der Waals surface area contributed by atoms with Gasteiger partial charge >= 0.3 is 0 Å². The molecule has 0 radical (unpaired) electrons. The van der Waals surface area contributed by atoms with E-state index in [9.17, 15) is 18.8 Å². The maximum absolute atomic E-state index is 13.4. The molecule has 170 valence electrons. The van der Waals surface area contributed by atoms with Gasteiger partial charge in [-0.2, -0.15) is 5.10 Å². The van der Waals surface area contributed by atoms with Crippen LogP contribution in [0.1, 0.15) is 34.6 Å². The van der Waals surface area contributed by atoms with Crippen molar-refractivity contribution < 1.29 is 23.5 Å². The van der Waals surface area contributed by atoms with Gasteiger partial charge in [0.25, 0.3) is 5.91 Å². The predicted octanol–water partition coefficient (Wildman–Crippen LogP) is 1.34. The van der Waals surface area contributed by atoms with Gasteiger partial charge in [0, 0.05) is 69.4 Å². The number of nitrogens with one attached hydrogen (secondary N) is 1. The summed E-state index contributed by atoms with van der Waals surface area (Å²) in [4.78, 5) is 41.3. The lowest BCUT2D eigenvalue weighted by atomic mass is 10.0. The molecule has 1 N–H and O–H groups in total. The molecule has 0 spiro atoms. The van der Waals surface area contributed by atoms with Crippen molar-refractivity contribution in [3.63, 3.8) is 0 Å². The summed E-state index contributed by atoms with van der Waals surface area (Å²) in [5.74, 6) is -1.08. The highest BCUT2D eigenvalue weighted by molar-refractivity contribution is 6.04. The third-order valence-corrected chi connectivity index (χ3v) is 5.81. The average Bonchev–Trinajstić information content (AvgIpc) is 3.14. The smallest absolute Gasteiger partial charge is 0.276 e. The number of morpholine rings is 1. The van der Waals surface area contributed by atoms with Crippen LogP contribution in [-0.2, 0) is 34.3 Å². The normalized spacial score (nSPS) is 15.9. The molecule has 3 amide bonds. The molecule has 4 rings (SSSR count). The molecule has 10 heteroatoms.